The Bertz CT molecular complexity index is 660. The highest BCUT2D eigenvalue weighted by Crippen LogP contribution is 2.30. The molecule has 2 aliphatic rings. The van der Waals surface area contributed by atoms with Gasteiger partial charge in [0, 0.05) is 57.5 Å². The summed E-state index contributed by atoms with van der Waals surface area (Å²) in [7, 11) is 0. The fourth-order valence-corrected chi connectivity index (χ4v) is 3.84. The summed E-state index contributed by atoms with van der Waals surface area (Å²) in [6, 6.07) is 10.5. The second kappa shape index (κ2) is 8.17. The van der Waals surface area contributed by atoms with Crippen LogP contribution in [0, 0.1) is 5.41 Å². The Kier molecular flexibility index (Phi) is 5.89. The van der Waals surface area contributed by atoms with E-state index in [9.17, 15) is 14.7 Å². The summed E-state index contributed by atoms with van der Waals surface area (Å²) in [5.41, 5.74) is 0.435. The number of urea groups is 1. The Balaban J connectivity index is 1.42. The number of piperazine rings is 1. The van der Waals surface area contributed by atoms with E-state index in [1.54, 1.807) is 11.8 Å². The maximum Gasteiger partial charge on any atom is 0.317 e. The molecule has 2 N–H and O–H groups in total. The summed E-state index contributed by atoms with van der Waals surface area (Å²) in [5, 5.41) is 12.3. The number of carbonyl (C=O) groups excluding carboxylic acids is 1. The SMILES string of the molecule is CC(CNC(=O)N1CCC(C)(C(=O)O)C1)N1CCN(c2ccccc2)CC1. The summed E-state index contributed by atoms with van der Waals surface area (Å²) in [6.07, 6.45) is 0.507. The van der Waals surface area contributed by atoms with Crippen molar-refractivity contribution in [2.75, 3.05) is 50.7 Å². The summed E-state index contributed by atoms with van der Waals surface area (Å²) in [6.45, 7) is 9.07. The normalized spacial score (nSPS) is 24.7. The number of nitrogens with zero attached hydrogens (tertiary/aromatic N) is 3. The van der Waals surface area contributed by atoms with E-state index in [2.05, 4.69) is 46.3 Å². The van der Waals surface area contributed by atoms with Crippen LogP contribution in [0.2, 0.25) is 0 Å². The number of amides is 2. The van der Waals surface area contributed by atoms with Gasteiger partial charge in [-0.2, -0.15) is 0 Å². The molecule has 0 radical (unpaired) electrons. The molecule has 2 atom stereocenters. The summed E-state index contributed by atoms with van der Waals surface area (Å²) < 4.78 is 0. The molecule has 148 valence electrons. The molecule has 2 aliphatic heterocycles. The molecule has 3 rings (SSSR count). The van der Waals surface area contributed by atoms with E-state index >= 15 is 0 Å². The molecule has 7 nitrogen and oxygen atoms in total. The van der Waals surface area contributed by atoms with Gasteiger partial charge in [-0.15, -0.1) is 0 Å². The minimum absolute atomic E-state index is 0.158. The van der Waals surface area contributed by atoms with Crippen LogP contribution in [0.25, 0.3) is 0 Å². The molecular formula is C20H30N4O3. The fourth-order valence-electron chi connectivity index (χ4n) is 3.84. The number of hydrogen-bond donors (Lipinski definition) is 2. The van der Waals surface area contributed by atoms with Gasteiger partial charge in [0.15, 0.2) is 0 Å². The van der Waals surface area contributed by atoms with Crippen molar-refractivity contribution >= 4 is 17.7 Å². The lowest BCUT2D eigenvalue weighted by molar-refractivity contribution is -0.147. The zero-order chi connectivity index (χ0) is 19.4. The van der Waals surface area contributed by atoms with E-state index in [0.29, 0.717) is 19.5 Å². The first kappa shape index (κ1) is 19.5. The van der Waals surface area contributed by atoms with Crippen molar-refractivity contribution in [1.82, 2.24) is 15.1 Å². The van der Waals surface area contributed by atoms with Gasteiger partial charge in [0.1, 0.15) is 0 Å². The van der Waals surface area contributed by atoms with E-state index in [1.165, 1.54) is 5.69 Å². The van der Waals surface area contributed by atoms with Crippen molar-refractivity contribution in [2.45, 2.75) is 26.3 Å². The maximum atomic E-state index is 12.4. The van der Waals surface area contributed by atoms with Gasteiger partial charge in [-0.1, -0.05) is 18.2 Å². The number of hydrogen-bond acceptors (Lipinski definition) is 4. The highest BCUT2D eigenvalue weighted by atomic mass is 16.4. The molecular weight excluding hydrogens is 344 g/mol. The zero-order valence-electron chi connectivity index (χ0n) is 16.2. The predicted octanol–water partition coefficient (Wildman–Crippen LogP) is 1.70. The van der Waals surface area contributed by atoms with Gasteiger partial charge in [0.2, 0.25) is 0 Å². The molecule has 2 saturated heterocycles. The molecule has 0 aromatic heterocycles. The highest BCUT2D eigenvalue weighted by Gasteiger charge is 2.42. The van der Waals surface area contributed by atoms with Crippen LogP contribution >= 0.6 is 0 Å². The van der Waals surface area contributed by atoms with Crippen LogP contribution in [0.4, 0.5) is 10.5 Å². The van der Waals surface area contributed by atoms with Gasteiger partial charge < -0.3 is 20.2 Å². The van der Waals surface area contributed by atoms with Gasteiger partial charge >= 0.3 is 12.0 Å². The lowest BCUT2D eigenvalue weighted by Crippen LogP contribution is -2.53. The maximum absolute atomic E-state index is 12.4. The molecule has 0 aliphatic carbocycles. The van der Waals surface area contributed by atoms with Gasteiger partial charge in [0.25, 0.3) is 0 Å². The number of nitrogens with one attached hydrogen (secondary N) is 1. The van der Waals surface area contributed by atoms with Crippen LogP contribution in [-0.2, 0) is 4.79 Å². The van der Waals surface area contributed by atoms with E-state index in [-0.39, 0.29) is 18.6 Å². The zero-order valence-corrected chi connectivity index (χ0v) is 16.2. The van der Waals surface area contributed by atoms with E-state index < -0.39 is 11.4 Å². The number of likely N-dealkylation sites (tertiary alicyclic amines) is 1. The lowest BCUT2D eigenvalue weighted by Gasteiger charge is -2.39. The lowest BCUT2D eigenvalue weighted by atomic mass is 9.90. The molecule has 1 aromatic rings. The van der Waals surface area contributed by atoms with Crippen molar-refractivity contribution in [2.24, 2.45) is 5.41 Å². The van der Waals surface area contributed by atoms with Crippen LogP contribution in [0.5, 0.6) is 0 Å². The first-order valence-electron chi connectivity index (χ1n) is 9.69. The Hall–Kier alpha value is -2.28. The molecule has 0 bridgehead atoms. The van der Waals surface area contributed by atoms with E-state index in [1.807, 2.05) is 6.07 Å². The van der Waals surface area contributed by atoms with E-state index in [4.69, 9.17) is 0 Å². The fraction of sp³-hybridized carbons (Fsp3) is 0.600. The number of para-hydroxylation sites is 1. The molecule has 27 heavy (non-hydrogen) atoms. The number of carbonyl (C=O) groups is 2. The average Bonchev–Trinajstić information content (AvgIpc) is 3.10. The predicted molar refractivity (Wildman–Crippen MR) is 105 cm³/mol. The molecule has 2 unspecified atom stereocenters. The third kappa shape index (κ3) is 4.53. The Morgan fingerprint density at radius 1 is 1.15 bits per heavy atom. The quantitative estimate of drug-likeness (QED) is 0.821. The third-order valence-electron chi connectivity index (χ3n) is 5.88. The molecule has 7 heteroatoms. The van der Waals surface area contributed by atoms with Crippen molar-refractivity contribution in [3.63, 3.8) is 0 Å². The summed E-state index contributed by atoms with van der Waals surface area (Å²) in [4.78, 5) is 30.1. The Morgan fingerprint density at radius 2 is 1.81 bits per heavy atom. The molecule has 0 spiro atoms. The second-order valence-electron chi connectivity index (χ2n) is 7.93. The standard InChI is InChI=1S/C20H30N4O3/c1-16(14-21-19(27)24-9-8-20(2,15-24)18(25)26)22-10-12-23(13-11-22)17-6-4-3-5-7-17/h3-7,16H,8-15H2,1-2H3,(H,21,27)(H,25,26). The monoisotopic (exact) mass is 374 g/mol. The first-order chi connectivity index (χ1) is 12.9. The van der Waals surface area contributed by atoms with Crippen LogP contribution in [0.15, 0.2) is 30.3 Å². The van der Waals surface area contributed by atoms with Gasteiger partial charge in [-0.25, -0.2) is 4.79 Å². The summed E-state index contributed by atoms with van der Waals surface area (Å²) in [5.74, 6) is -0.831. The molecule has 2 heterocycles. The van der Waals surface area contributed by atoms with Crippen molar-refractivity contribution in [3.8, 4) is 0 Å². The minimum Gasteiger partial charge on any atom is -0.481 e. The van der Waals surface area contributed by atoms with Gasteiger partial charge in [0.05, 0.1) is 5.41 Å². The second-order valence-corrected chi connectivity index (χ2v) is 7.93. The van der Waals surface area contributed by atoms with Crippen molar-refractivity contribution in [3.05, 3.63) is 30.3 Å². The van der Waals surface area contributed by atoms with Gasteiger partial charge in [-0.05, 0) is 32.4 Å². The van der Waals surface area contributed by atoms with Crippen molar-refractivity contribution < 1.29 is 14.7 Å². The number of rotatable bonds is 5. The molecule has 1 aromatic carbocycles. The van der Waals surface area contributed by atoms with Crippen LogP contribution in [-0.4, -0.2) is 78.8 Å². The Labute approximate surface area is 160 Å². The molecule has 2 amide bonds. The minimum atomic E-state index is -0.831. The van der Waals surface area contributed by atoms with Crippen LogP contribution in [0.3, 0.4) is 0 Å². The largest absolute Gasteiger partial charge is 0.481 e. The number of anilines is 1. The smallest absolute Gasteiger partial charge is 0.317 e. The van der Waals surface area contributed by atoms with Crippen molar-refractivity contribution in [1.29, 1.82) is 0 Å². The number of aliphatic carboxylic acids is 1. The number of carboxylic acid groups (broad SMARTS) is 1. The van der Waals surface area contributed by atoms with Crippen LogP contribution in [0.1, 0.15) is 20.3 Å². The topological polar surface area (TPSA) is 76.1 Å². The average molecular weight is 374 g/mol. The van der Waals surface area contributed by atoms with Gasteiger partial charge in [-0.3, -0.25) is 9.69 Å². The Morgan fingerprint density at radius 3 is 2.41 bits per heavy atom. The third-order valence-corrected chi connectivity index (χ3v) is 5.88. The number of benzene rings is 1. The van der Waals surface area contributed by atoms with Crippen LogP contribution < -0.4 is 10.2 Å². The van der Waals surface area contributed by atoms with E-state index in [0.717, 1.165) is 26.2 Å². The number of carboxylic acids is 1. The molecule has 0 saturated carbocycles. The first-order valence-corrected chi connectivity index (χ1v) is 9.69. The molecule has 2 fully saturated rings. The summed E-state index contributed by atoms with van der Waals surface area (Å²) >= 11 is 0. The highest BCUT2D eigenvalue weighted by molar-refractivity contribution is 5.79.